The summed E-state index contributed by atoms with van der Waals surface area (Å²) < 4.78 is 0. The quantitative estimate of drug-likeness (QED) is 0.417. The molecule has 1 rings (SSSR count). The number of carbonyl (C=O) groups excluding carboxylic acids is 1. The van der Waals surface area contributed by atoms with E-state index in [0.717, 1.165) is 5.56 Å². The van der Waals surface area contributed by atoms with E-state index < -0.39 is 6.03 Å². The summed E-state index contributed by atoms with van der Waals surface area (Å²) in [4.78, 5) is 10.5. The lowest BCUT2D eigenvalue weighted by molar-refractivity contribution is 0.259. The molecule has 74 valence electrons. The first-order valence-corrected chi connectivity index (χ1v) is 4.06. The molecule has 0 saturated carbocycles. The van der Waals surface area contributed by atoms with Crippen LogP contribution in [0.3, 0.4) is 0 Å². The van der Waals surface area contributed by atoms with Gasteiger partial charge in [0.2, 0.25) is 0 Å². The van der Waals surface area contributed by atoms with Crippen molar-refractivity contribution < 1.29 is 4.79 Å². The van der Waals surface area contributed by atoms with Crippen molar-refractivity contribution in [1.82, 2.24) is 0 Å². The van der Waals surface area contributed by atoms with Crippen molar-refractivity contribution in [2.45, 2.75) is 6.42 Å². The minimum absolute atomic E-state index is 0.112. The fourth-order valence-electron chi connectivity index (χ4n) is 1.07. The molecule has 0 fully saturated rings. The van der Waals surface area contributed by atoms with Gasteiger partial charge in [-0.25, -0.2) is 4.79 Å². The molecule has 0 aliphatic rings. The highest BCUT2D eigenvalue weighted by atomic mass is 16.2. The summed E-state index contributed by atoms with van der Waals surface area (Å²) in [7, 11) is 0. The smallest absolute Gasteiger partial charge is 0.316 e. The molecule has 1 aromatic rings. The highest BCUT2D eigenvalue weighted by Gasteiger charge is 1.97. The molecule has 0 unspecified atom stereocenters. The maximum atomic E-state index is 10.5. The molecule has 2 amide bonds. The highest BCUT2D eigenvalue weighted by Crippen LogP contribution is 2.09. The first-order valence-electron chi connectivity index (χ1n) is 4.06. The van der Waals surface area contributed by atoms with Crippen LogP contribution in [0.15, 0.2) is 24.3 Å². The molecule has 5 nitrogen and oxygen atoms in total. The van der Waals surface area contributed by atoms with Gasteiger partial charge in [0, 0.05) is 12.1 Å². The van der Waals surface area contributed by atoms with Gasteiger partial charge in [-0.2, -0.15) is 0 Å². The minimum atomic E-state index is -0.593. The molecule has 14 heavy (non-hydrogen) atoms. The van der Waals surface area contributed by atoms with Crippen LogP contribution in [-0.4, -0.2) is 11.9 Å². The highest BCUT2D eigenvalue weighted by molar-refractivity contribution is 5.87. The van der Waals surface area contributed by atoms with E-state index in [1.807, 2.05) is 0 Å². The van der Waals surface area contributed by atoms with Crippen molar-refractivity contribution >= 4 is 17.6 Å². The SMILES string of the molecule is N=C(N)Cc1ccc(NC(N)=O)cc1. The second-order valence-electron chi connectivity index (χ2n) is 2.89. The van der Waals surface area contributed by atoms with Crippen molar-refractivity contribution in [3.8, 4) is 0 Å². The van der Waals surface area contributed by atoms with Crippen LogP contribution in [0, 0.1) is 5.41 Å². The first-order chi connectivity index (χ1) is 6.58. The molecule has 6 N–H and O–H groups in total. The third-order valence-electron chi connectivity index (χ3n) is 1.62. The zero-order valence-electron chi connectivity index (χ0n) is 7.58. The lowest BCUT2D eigenvalue weighted by Crippen LogP contribution is -2.19. The molecule has 5 heteroatoms. The molecule has 0 atom stereocenters. The Bertz CT molecular complexity index is 309. The topological polar surface area (TPSA) is 105 Å². The lowest BCUT2D eigenvalue weighted by Gasteiger charge is -2.03. The van der Waals surface area contributed by atoms with Crippen LogP contribution in [0.1, 0.15) is 5.56 Å². The molecule has 0 bridgehead atoms. The maximum absolute atomic E-state index is 10.5. The third-order valence-corrected chi connectivity index (χ3v) is 1.62. The van der Waals surface area contributed by atoms with Crippen LogP contribution in [0.25, 0.3) is 0 Å². The van der Waals surface area contributed by atoms with Gasteiger partial charge in [-0.05, 0) is 17.7 Å². The van der Waals surface area contributed by atoms with Gasteiger partial charge in [-0.3, -0.25) is 5.41 Å². The molecular weight excluding hydrogens is 180 g/mol. The van der Waals surface area contributed by atoms with Gasteiger partial charge in [-0.15, -0.1) is 0 Å². The Hall–Kier alpha value is -2.04. The number of hydrogen-bond donors (Lipinski definition) is 4. The summed E-state index contributed by atoms with van der Waals surface area (Å²) in [5, 5.41) is 9.53. The van der Waals surface area contributed by atoms with Crippen molar-refractivity contribution in [1.29, 1.82) is 5.41 Å². The number of carbonyl (C=O) groups is 1. The summed E-state index contributed by atoms with van der Waals surface area (Å²) in [6.45, 7) is 0. The summed E-state index contributed by atoms with van der Waals surface area (Å²) in [6, 6.07) is 6.40. The van der Waals surface area contributed by atoms with Crippen LogP contribution < -0.4 is 16.8 Å². The lowest BCUT2D eigenvalue weighted by atomic mass is 10.1. The van der Waals surface area contributed by atoms with Crippen LogP contribution in [0.2, 0.25) is 0 Å². The standard InChI is InChI=1S/C9H12N4O/c10-8(11)5-6-1-3-7(4-2-6)13-9(12)14/h1-4H,5H2,(H3,10,11)(H3,12,13,14). The van der Waals surface area contributed by atoms with Crippen LogP contribution >= 0.6 is 0 Å². The number of nitrogens with one attached hydrogen (secondary N) is 2. The predicted molar refractivity (Wildman–Crippen MR) is 55.3 cm³/mol. The third kappa shape index (κ3) is 3.14. The first kappa shape index (κ1) is 10.0. The Morgan fingerprint density at radius 3 is 2.29 bits per heavy atom. The van der Waals surface area contributed by atoms with Gasteiger partial charge in [-0.1, -0.05) is 12.1 Å². The number of primary amides is 1. The molecule has 0 heterocycles. The molecule has 1 aromatic carbocycles. The van der Waals surface area contributed by atoms with Crippen LogP contribution in [0.4, 0.5) is 10.5 Å². The van der Waals surface area contributed by atoms with Gasteiger partial charge in [0.1, 0.15) is 0 Å². The monoisotopic (exact) mass is 192 g/mol. The van der Waals surface area contributed by atoms with E-state index >= 15 is 0 Å². The van der Waals surface area contributed by atoms with E-state index in [2.05, 4.69) is 5.32 Å². The Labute approximate surface area is 81.6 Å². The summed E-state index contributed by atoms with van der Waals surface area (Å²) >= 11 is 0. The molecule has 0 spiro atoms. The fourth-order valence-corrected chi connectivity index (χ4v) is 1.07. The Morgan fingerprint density at radius 2 is 1.86 bits per heavy atom. The van der Waals surface area contributed by atoms with Crippen molar-refractivity contribution in [2.24, 2.45) is 11.5 Å². The molecule has 0 aliphatic carbocycles. The summed E-state index contributed by atoms with van der Waals surface area (Å²) in [5.41, 5.74) is 11.7. The van der Waals surface area contributed by atoms with Gasteiger partial charge in [0.25, 0.3) is 0 Å². The number of benzene rings is 1. The van der Waals surface area contributed by atoms with Gasteiger partial charge in [0.15, 0.2) is 0 Å². The van der Waals surface area contributed by atoms with Gasteiger partial charge >= 0.3 is 6.03 Å². The molecule has 0 aromatic heterocycles. The average Bonchev–Trinajstić information content (AvgIpc) is 2.06. The Kier molecular flexibility index (Phi) is 3.06. The van der Waals surface area contributed by atoms with Gasteiger partial charge < -0.3 is 16.8 Å². The number of nitrogens with two attached hydrogens (primary N) is 2. The van der Waals surface area contributed by atoms with Gasteiger partial charge in [0.05, 0.1) is 5.84 Å². The summed E-state index contributed by atoms with van der Waals surface area (Å²) in [6.07, 6.45) is 0.414. The van der Waals surface area contributed by atoms with E-state index in [1.54, 1.807) is 24.3 Å². The van der Waals surface area contributed by atoms with E-state index in [4.69, 9.17) is 16.9 Å². The minimum Gasteiger partial charge on any atom is -0.387 e. The average molecular weight is 192 g/mol. The molecular formula is C9H12N4O. The fraction of sp³-hybridized carbons (Fsp3) is 0.111. The second-order valence-corrected chi connectivity index (χ2v) is 2.89. The second kappa shape index (κ2) is 4.27. The Balaban J connectivity index is 2.68. The summed E-state index contributed by atoms with van der Waals surface area (Å²) in [5.74, 6) is 0.112. The van der Waals surface area contributed by atoms with Crippen LogP contribution in [-0.2, 0) is 6.42 Å². The number of anilines is 1. The zero-order valence-corrected chi connectivity index (χ0v) is 7.58. The number of amides is 2. The molecule has 0 saturated heterocycles. The van der Waals surface area contributed by atoms with Crippen LogP contribution in [0.5, 0.6) is 0 Å². The van der Waals surface area contributed by atoms with E-state index in [-0.39, 0.29) is 5.84 Å². The van der Waals surface area contributed by atoms with E-state index in [1.165, 1.54) is 0 Å². The van der Waals surface area contributed by atoms with Crippen molar-refractivity contribution in [3.05, 3.63) is 29.8 Å². The van der Waals surface area contributed by atoms with E-state index in [0.29, 0.717) is 12.1 Å². The normalized spacial score (nSPS) is 9.43. The van der Waals surface area contributed by atoms with E-state index in [9.17, 15) is 4.79 Å². The number of urea groups is 1. The Morgan fingerprint density at radius 1 is 1.29 bits per heavy atom. The maximum Gasteiger partial charge on any atom is 0.316 e. The van der Waals surface area contributed by atoms with Crippen molar-refractivity contribution in [3.63, 3.8) is 0 Å². The number of hydrogen-bond acceptors (Lipinski definition) is 2. The number of amidine groups is 1. The number of rotatable bonds is 3. The largest absolute Gasteiger partial charge is 0.387 e. The zero-order chi connectivity index (χ0) is 10.6. The van der Waals surface area contributed by atoms with Crippen molar-refractivity contribution in [2.75, 3.05) is 5.32 Å². The molecule has 0 aliphatic heterocycles. The predicted octanol–water partition coefficient (Wildman–Crippen LogP) is 0.656. The molecule has 0 radical (unpaired) electrons.